The lowest BCUT2D eigenvalue weighted by Crippen LogP contribution is -2.19. The van der Waals surface area contributed by atoms with Crippen molar-refractivity contribution >= 4 is 22.9 Å². The van der Waals surface area contributed by atoms with Crippen molar-refractivity contribution < 1.29 is 0 Å². The van der Waals surface area contributed by atoms with Crippen LogP contribution in [-0.2, 0) is 6.42 Å². The summed E-state index contributed by atoms with van der Waals surface area (Å²) in [5, 5.41) is 18.2. The normalized spacial score (nSPS) is 12.8. The van der Waals surface area contributed by atoms with Gasteiger partial charge < -0.3 is 5.32 Å². The number of nitrogens with zero attached hydrogens (tertiary/aromatic N) is 4. The summed E-state index contributed by atoms with van der Waals surface area (Å²) < 4.78 is 4.04. The molecule has 7 heteroatoms. The quantitative estimate of drug-likeness (QED) is 0.851. The Balaban J connectivity index is 2.22. The van der Waals surface area contributed by atoms with E-state index in [9.17, 15) is 0 Å². The Morgan fingerprint density at radius 1 is 1.16 bits per heavy atom. The Morgan fingerprint density at radius 3 is 2.68 bits per heavy atom. The molecule has 1 atom stereocenters. The van der Waals surface area contributed by atoms with Gasteiger partial charge in [-0.25, -0.2) is 0 Å². The van der Waals surface area contributed by atoms with Gasteiger partial charge in [0.2, 0.25) is 0 Å². The molecule has 0 aliphatic rings. The van der Waals surface area contributed by atoms with Crippen LogP contribution >= 0.6 is 22.9 Å². The molecule has 0 amide bonds. The second kappa shape index (κ2) is 7.02. The highest BCUT2D eigenvalue weighted by molar-refractivity contribution is 7.19. The Hall–Kier alpha value is -0.920. The molecule has 0 fully saturated rings. The van der Waals surface area contributed by atoms with Crippen molar-refractivity contribution in [3.8, 4) is 9.88 Å². The molecule has 2 heterocycles. The molecular formula is C12H19N5S2. The largest absolute Gasteiger partial charge is 0.308 e. The smallest absolute Gasteiger partial charge is 0.161 e. The van der Waals surface area contributed by atoms with E-state index in [2.05, 4.69) is 45.9 Å². The lowest BCUT2D eigenvalue weighted by atomic mass is 10.2. The van der Waals surface area contributed by atoms with Gasteiger partial charge in [0.1, 0.15) is 9.88 Å². The maximum absolute atomic E-state index is 4.32. The van der Waals surface area contributed by atoms with Crippen LogP contribution in [0.4, 0.5) is 0 Å². The molecule has 0 radical (unpaired) electrons. The Labute approximate surface area is 121 Å². The average Bonchev–Trinajstić information content (AvgIpc) is 3.04. The zero-order valence-corrected chi connectivity index (χ0v) is 13.1. The number of nitrogens with one attached hydrogen (secondary N) is 1. The summed E-state index contributed by atoms with van der Waals surface area (Å²) in [5.41, 5.74) is 1.05. The predicted octanol–water partition coefficient (Wildman–Crippen LogP) is 3.07. The highest BCUT2D eigenvalue weighted by Gasteiger charge is 2.18. The van der Waals surface area contributed by atoms with Crippen molar-refractivity contribution in [1.82, 2.24) is 25.1 Å². The SMILES string of the molecule is CCCc1nnsc1-c1nnc(C(CC)NCC)s1. The van der Waals surface area contributed by atoms with Crippen molar-refractivity contribution in [2.75, 3.05) is 6.54 Å². The molecule has 0 spiro atoms. The standard InChI is InChI=1S/C12H19N5S2/c1-4-7-9-10(19-17-14-9)12-16-15-11(18-12)8(5-2)13-6-3/h8,13H,4-7H2,1-3H3. The minimum absolute atomic E-state index is 0.298. The van der Waals surface area contributed by atoms with Crippen molar-refractivity contribution in [3.63, 3.8) is 0 Å². The average molecular weight is 297 g/mol. The molecule has 1 unspecified atom stereocenters. The van der Waals surface area contributed by atoms with Crippen LogP contribution in [0.1, 0.15) is 50.4 Å². The first kappa shape index (κ1) is 14.5. The lowest BCUT2D eigenvalue weighted by molar-refractivity contribution is 0.531. The van der Waals surface area contributed by atoms with Crippen LogP contribution in [-0.4, -0.2) is 26.3 Å². The van der Waals surface area contributed by atoms with Gasteiger partial charge in [-0.15, -0.1) is 15.3 Å². The van der Waals surface area contributed by atoms with Crippen LogP contribution < -0.4 is 5.32 Å². The maximum atomic E-state index is 4.32. The molecule has 104 valence electrons. The Bertz CT molecular complexity index is 508. The highest BCUT2D eigenvalue weighted by Crippen LogP contribution is 2.32. The molecule has 0 aliphatic carbocycles. The fraction of sp³-hybridized carbons (Fsp3) is 0.667. The van der Waals surface area contributed by atoms with Gasteiger partial charge in [0.05, 0.1) is 11.7 Å². The van der Waals surface area contributed by atoms with E-state index in [1.807, 2.05) is 0 Å². The summed E-state index contributed by atoms with van der Waals surface area (Å²) in [5.74, 6) is 0. The second-order valence-electron chi connectivity index (χ2n) is 4.26. The molecule has 1 N–H and O–H groups in total. The molecular weight excluding hydrogens is 278 g/mol. The molecule has 0 saturated heterocycles. The van der Waals surface area contributed by atoms with Crippen molar-refractivity contribution in [2.45, 2.75) is 46.1 Å². The number of rotatable bonds is 7. The van der Waals surface area contributed by atoms with Crippen LogP contribution in [0, 0.1) is 0 Å². The van der Waals surface area contributed by atoms with Crippen molar-refractivity contribution in [2.24, 2.45) is 0 Å². The number of aromatic nitrogens is 4. The molecule has 0 aliphatic heterocycles. The zero-order chi connectivity index (χ0) is 13.7. The Kier molecular flexibility index (Phi) is 5.35. The number of aryl methyl sites for hydroxylation is 1. The van der Waals surface area contributed by atoms with Gasteiger partial charge in [-0.05, 0) is 30.9 Å². The third-order valence-electron chi connectivity index (χ3n) is 2.83. The first-order valence-corrected chi connectivity index (χ1v) is 8.27. The second-order valence-corrected chi connectivity index (χ2v) is 6.03. The third kappa shape index (κ3) is 3.34. The van der Waals surface area contributed by atoms with Gasteiger partial charge >= 0.3 is 0 Å². The predicted molar refractivity (Wildman–Crippen MR) is 79.5 cm³/mol. The van der Waals surface area contributed by atoms with Crippen molar-refractivity contribution in [1.29, 1.82) is 0 Å². The molecule has 2 aromatic heterocycles. The number of hydrogen-bond acceptors (Lipinski definition) is 7. The molecule has 2 aromatic rings. The van der Waals surface area contributed by atoms with Gasteiger partial charge in [-0.2, -0.15) is 0 Å². The fourth-order valence-electron chi connectivity index (χ4n) is 1.89. The summed E-state index contributed by atoms with van der Waals surface area (Å²) >= 11 is 3.06. The van der Waals surface area contributed by atoms with E-state index in [1.54, 1.807) is 11.3 Å². The fourth-order valence-corrected chi connectivity index (χ4v) is 3.68. The van der Waals surface area contributed by atoms with E-state index in [1.165, 1.54) is 11.5 Å². The van der Waals surface area contributed by atoms with E-state index in [0.29, 0.717) is 6.04 Å². The first-order valence-electron chi connectivity index (χ1n) is 6.68. The molecule has 19 heavy (non-hydrogen) atoms. The van der Waals surface area contributed by atoms with Crippen LogP contribution in [0.25, 0.3) is 9.88 Å². The van der Waals surface area contributed by atoms with E-state index in [0.717, 1.165) is 46.4 Å². The van der Waals surface area contributed by atoms with Crippen LogP contribution in [0.3, 0.4) is 0 Å². The lowest BCUT2D eigenvalue weighted by Gasteiger charge is -2.10. The summed E-state index contributed by atoms with van der Waals surface area (Å²) in [7, 11) is 0. The van der Waals surface area contributed by atoms with Crippen LogP contribution in [0.15, 0.2) is 0 Å². The minimum Gasteiger partial charge on any atom is -0.308 e. The number of hydrogen-bond donors (Lipinski definition) is 1. The maximum Gasteiger partial charge on any atom is 0.161 e. The third-order valence-corrected chi connectivity index (χ3v) is 4.79. The summed E-state index contributed by atoms with van der Waals surface area (Å²) in [6, 6.07) is 0.298. The minimum atomic E-state index is 0.298. The zero-order valence-electron chi connectivity index (χ0n) is 11.5. The molecule has 0 saturated carbocycles. The van der Waals surface area contributed by atoms with E-state index >= 15 is 0 Å². The molecule has 0 aromatic carbocycles. The topological polar surface area (TPSA) is 63.6 Å². The first-order chi connectivity index (χ1) is 9.30. The summed E-state index contributed by atoms with van der Waals surface area (Å²) in [6.45, 7) is 7.35. The van der Waals surface area contributed by atoms with Gasteiger partial charge in [0.25, 0.3) is 0 Å². The molecule has 2 rings (SSSR count). The summed E-state index contributed by atoms with van der Waals surface area (Å²) in [4.78, 5) is 1.08. The van der Waals surface area contributed by atoms with Gasteiger partial charge in [-0.3, -0.25) is 0 Å². The van der Waals surface area contributed by atoms with Crippen molar-refractivity contribution in [3.05, 3.63) is 10.7 Å². The monoisotopic (exact) mass is 297 g/mol. The van der Waals surface area contributed by atoms with Crippen LogP contribution in [0.2, 0.25) is 0 Å². The van der Waals surface area contributed by atoms with E-state index < -0.39 is 0 Å². The van der Waals surface area contributed by atoms with Crippen LogP contribution in [0.5, 0.6) is 0 Å². The Morgan fingerprint density at radius 2 is 2.00 bits per heavy atom. The van der Waals surface area contributed by atoms with E-state index in [4.69, 9.17) is 0 Å². The molecule has 5 nitrogen and oxygen atoms in total. The van der Waals surface area contributed by atoms with E-state index in [-0.39, 0.29) is 0 Å². The van der Waals surface area contributed by atoms with Gasteiger partial charge in [0, 0.05) is 0 Å². The molecule has 0 bridgehead atoms. The van der Waals surface area contributed by atoms with Gasteiger partial charge in [-0.1, -0.05) is 43.0 Å². The summed E-state index contributed by atoms with van der Waals surface area (Å²) in [6.07, 6.45) is 3.04. The van der Waals surface area contributed by atoms with Gasteiger partial charge in [0.15, 0.2) is 5.01 Å². The highest BCUT2D eigenvalue weighted by atomic mass is 32.1.